The normalized spacial score (nSPS) is 13.1. The lowest BCUT2D eigenvalue weighted by molar-refractivity contribution is 0.0846. The molecule has 0 N–H and O–H groups in total. The molecule has 6 heteroatoms. The number of rotatable bonds is 6. The van der Waals surface area contributed by atoms with Crippen molar-refractivity contribution < 1.29 is 14.0 Å². The number of ether oxygens (including phenoxy) is 2. The first-order valence-electron chi connectivity index (χ1n) is 5.95. The molecular formula is C13H17ClN2O3. The van der Waals surface area contributed by atoms with Gasteiger partial charge in [0.2, 0.25) is 0 Å². The van der Waals surface area contributed by atoms with Crippen molar-refractivity contribution >= 4 is 22.6 Å². The standard InChI is InChI=1S/C13H17ClN2O3/c1-16(2)10(7-17-3)8-18-13-11-6-9(14)4-5-12(11)19-15-13/h4-6,10H,7-8H2,1-3H3. The molecule has 19 heavy (non-hydrogen) atoms. The zero-order chi connectivity index (χ0) is 13.8. The molecule has 0 aliphatic heterocycles. The summed E-state index contributed by atoms with van der Waals surface area (Å²) in [5.74, 6) is 0.459. The Balaban J connectivity index is 2.10. The van der Waals surface area contributed by atoms with Gasteiger partial charge < -0.3 is 18.9 Å². The van der Waals surface area contributed by atoms with Gasteiger partial charge in [-0.25, -0.2) is 0 Å². The molecule has 1 aromatic heterocycles. The molecule has 0 fully saturated rings. The average molecular weight is 285 g/mol. The largest absolute Gasteiger partial charge is 0.473 e. The van der Waals surface area contributed by atoms with Gasteiger partial charge in [-0.3, -0.25) is 0 Å². The number of fused-ring (bicyclic) bond motifs is 1. The highest BCUT2D eigenvalue weighted by atomic mass is 35.5. The van der Waals surface area contributed by atoms with Crippen LogP contribution in [0.3, 0.4) is 0 Å². The van der Waals surface area contributed by atoms with Gasteiger partial charge in [-0.1, -0.05) is 11.6 Å². The van der Waals surface area contributed by atoms with Crippen molar-refractivity contribution in [1.82, 2.24) is 10.1 Å². The lowest BCUT2D eigenvalue weighted by Gasteiger charge is -2.22. The molecule has 1 heterocycles. The minimum absolute atomic E-state index is 0.149. The zero-order valence-corrected chi connectivity index (χ0v) is 12.0. The molecule has 2 aromatic rings. The number of hydrogen-bond acceptors (Lipinski definition) is 5. The van der Waals surface area contributed by atoms with Crippen LogP contribution in [0.15, 0.2) is 22.7 Å². The third-order valence-electron chi connectivity index (χ3n) is 2.90. The molecule has 0 aliphatic rings. The molecule has 1 aromatic carbocycles. The maximum atomic E-state index is 5.96. The van der Waals surface area contributed by atoms with E-state index in [1.165, 1.54) is 0 Å². The van der Waals surface area contributed by atoms with Gasteiger partial charge in [-0.05, 0) is 37.5 Å². The van der Waals surface area contributed by atoms with Gasteiger partial charge >= 0.3 is 0 Å². The second-order valence-electron chi connectivity index (χ2n) is 4.51. The van der Waals surface area contributed by atoms with Crippen LogP contribution in [0.25, 0.3) is 11.0 Å². The van der Waals surface area contributed by atoms with E-state index in [-0.39, 0.29) is 6.04 Å². The summed E-state index contributed by atoms with van der Waals surface area (Å²) >= 11 is 5.96. The Kier molecular flexibility index (Phi) is 4.63. The van der Waals surface area contributed by atoms with E-state index < -0.39 is 0 Å². The van der Waals surface area contributed by atoms with Crippen molar-refractivity contribution in [2.75, 3.05) is 34.4 Å². The van der Waals surface area contributed by atoms with Crippen LogP contribution >= 0.6 is 11.6 Å². The smallest absolute Gasteiger partial charge is 0.262 e. The molecule has 0 saturated heterocycles. The van der Waals surface area contributed by atoms with Crippen molar-refractivity contribution in [3.8, 4) is 5.88 Å². The second-order valence-corrected chi connectivity index (χ2v) is 4.95. The molecule has 104 valence electrons. The number of nitrogens with zero attached hydrogens (tertiary/aromatic N) is 2. The molecule has 0 radical (unpaired) electrons. The fraction of sp³-hybridized carbons (Fsp3) is 0.462. The van der Waals surface area contributed by atoms with Gasteiger partial charge in [0, 0.05) is 12.1 Å². The number of methoxy groups -OCH3 is 1. The van der Waals surface area contributed by atoms with Gasteiger partial charge in [0.1, 0.15) is 6.61 Å². The second kappa shape index (κ2) is 6.23. The Hall–Kier alpha value is -1.30. The van der Waals surface area contributed by atoms with Gasteiger partial charge in [0.25, 0.3) is 5.88 Å². The van der Waals surface area contributed by atoms with E-state index in [1.54, 1.807) is 25.3 Å². The summed E-state index contributed by atoms with van der Waals surface area (Å²) in [6, 6.07) is 5.46. The summed E-state index contributed by atoms with van der Waals surface area (Å²) < 4.78 is 16.0. The summed E-state index contributed by atoms with van der Waals surface area (Å²) in [7, 11) is 5.62. The van der Waals surface area contributed by atoms with Crippen molar-refractivity contribution in [3.63, 3.8) is 0 Å². The maximum absolute atomic E-state index is 5.96. The molecule has 0 aliphatic carbocycles. The molecule has 0 amide bonds. The molecule has 1 atom stereocenters. The van der Waals surface area contributed by atoms with E-state index in [0.717, 1.165) is 5.39 Å². The predicted molar refractivity (Wildman–Crippen MR) is 73.9 cm³/mol. The summed E-state index contributed by atoms with van der Waals surface area (Å²) in [5, 5.41) is 5.32. The van der Waals surface area contributed by atoms with E-state index in [4.69, 9.17) is 25.6 Å². The highest BCUT2D eigenvalue weighted by Crippen LogP contribution is 2.27. The maximum Gasteiger partial charge on any atom is 0.262 e. The van der Waals surface area contributed by atoms with Crippen LogP contribution in [-0.2, 0) is 4.74 Å². The quantitative estimate of drug-likeness (QED) is 0.815. The number of hydrogen-bond donors (Lipinski definition) is 0. The molecule has 2 rings (SSSR count). The third-order valence-corrected chi connectivity index (χ3v) is 3.14. The van der Waals surface area contributed by atoms with Crippen LogP contribution in [0.5, 0.6) is 5.88 Å². The van der Waals surface area contributed by atoms with Gasteiger partial charge in [-0.2, -0.15) is 0 Å². The molecule has 0 saturated carbocycles. The SMILES string of the molecule is COCC(COc1noc2ccc(Cl)cc12)N(C)C. The highest BCUT2D eigenvalue weighted by Gasteiger charge is 2.15. The van der Waals surface area contributed by atoms with Crippen LogP contribution in [0.4, 0.5) is 0 Å². The number of likely N-dealkylation sites (N-methyl/N-ethyl adjacent to an activating group) is 1. The van der Waals surface area contributed by atoms with Crippen molar-refractivity contribution in [3.05, 3.63) is 23.2 Å². The molecule has 1 unspecified atom stereocenters. The van der Waals surface area contributed by atoms with Gasteiger partial charge in [-0.15, -0.1) is 0 Å². The van der Waals surface area contributed by atoms with Crippen molar-refractivity contribution in [2.45, 2.75) is 6.04 Å². The van der Waals surface area contributed by atoms with Crippen LogP contribution < -0.4 is 4.74 Å². The number of halogens is 1. The number of benzene rings is 1. The van der Waals surface area contributed by atoms with Crippen LogP contribution in [-0.4, -0.2) is 50.5 Å². The lowest BCUT2D eigenvalue weighted by atomic mass is 10.2. The molecule has 0 bridgehead atoms. The zero-order valence-electron chi connectivity index (χ0n) is 11.2. The first kappa shape index (κ1) is 14.1. The van der Waals surface area contributed by atoms with Crippen molar-refractivity contribution in [2.24, 2.45) is 0 Å². The third kappa shape index (κ3) is 3.37. The fourth-order valence-corrected chi connectivity index (χ4v) is 1.88. The Morgan fingerprint density at radius 2 is 2.16 bits per heavy atom. The summed E-state index contributed by atoms with van der Waals surface area (Å²) in [5.41, 5.74) is 0.660. The first-order valence-corrected chi connectivity index (χ1v) is 6.32. The van der Waals surface area contributed by atoms with Crippen molar-refractivity contribution in [1.29, 1.82) is 0 Å². The lowest BCUT2D eigenvalue weighted by Crippen LogP contribution is -2.37. The Labute approximate surface area is 117 Å². The molecule has 5 nitrogen and oxygen atoms in total. The monoisotopic (exact) mass is 284 g/mol. The Morgan fingerprint density at radius 3 is 2.84 bits per heavy atom. The Morgan fingerprint density at radius 1 is 1.37 bits per heavy atom. The van der Waals surface area contributed by atoms with Crippen LogP contribution in [0.2, 0.25) is 5.02 Å². The number of aromatic nitrogens is 1. The van der Waals surface area contributed by atoms with E-state index in [2.05, 4.69) is 5.16 Å². The van der Waals surface area contributed by atoms with Crippen LogP contribution in [0, 0.1) is 0 Å². The first-order chi connectivity index (χ1) is 9.11. The van der Waals surface area contributed by atoms with E-state index in [0.29, 0.717) is 29.7 Å². The fourth-order valence-electron chi connectivity index (χ4n) is 1.71. The molecule has 0 spiro atoms. The minimum atomic E-state index is 0.149. The van der Waals surface area contributed by atoms with E-state index in [9.17, 15) is 0 Å². The Bertz CT molecular complexity index is 542. The molecular weight excluding hydrogens is 268 g/mol. The van der Waals surface area contributed by atoms with Gasteiger partial charge in [0.05, 0.1) is 18.0 Å². The highest BCUT2D eigenvalue weighted by molar-refractivity contribution is 6.31. The summed E-state index contributed by atoms with van der Waals surface area (Å²) in [4.78, 5) is 2.04. The summed E-state index contributed by atoms with van der Waals surface area (Å²) in [6.45, 7) is 1.05. The van der Waals surface area contributed by atoms with E-state index >= 15 is 0 Å². The van der Waals surface area contributed by atoms with E-state index in [1.807, 2.05) is 19.0 Å². The topological polar surface area (TPSA) is 47.7 Å². The predicted octanol–water partition coefficient (Wildman–Crippen LogP) is 2.44. The van der Waals surface area contributed by atoms with Gasteiger partial charge in [0.15, 0.2) is 5.58 Å². The average Bonchev–Trinajstić information content (AvgIpc) is 2.76. The van der Waals surface area contributed by atoms with Crippen LogP contribution in [0.1, 0.15) is 0 Å². The minimum Gasteiger partial charge on any atom is -0.473 e. The summed E-state index contributed by atoms with van der Waals surface area (Å²) in [6.07, 6.45) is 0.